The molecule has 4 rings (SSSR count). The number of hydrogen-bond acceptors (Lipinski definition) is 5. The number of hydrogen-bond donors (Lipinski definition) is 0. The van der Waals surface area contributed by atoms with Gasteiger partial charge in [-0.05, 0) is 12.1 Å². The van der Waals surface area contributed by atoms with Gasteiger partial charge in [0.25, 0.3) is 0 Å². The van der Waals surface area contributed by atoms with Crippen molar-refractivity contribution in [3.05, 3.63) is 48.5 Å². The average Bonchev–Trinajstić information content (AvgIpc) is 3.21. The number of para-hydroxylation sites is 1. The summed E-state index contributed by atoms with van der Waals surface area (Å²) in [6.45, 7) is 4.33. The van der Waals surface area contributed by atoms with Crippen LogP contribution in [-0.2, 0) is 18.3 Å². The Balaban J connectivity index is 1.25. The summed E-state index contributed by atoms with van der Waals surface area (Å²) in [7, 11) is 2.02. The molecule has 0 unspecified atom stereocenters. The van der Waals surface area contributed by atoms with E-state index >= 15 is 0 Å². The summed E-state index contributed by atoms with van der Waals surface area (Å²) in [5, 5.41) is 0. The molecule has 1 aromatic carbocycles. The van der Waals surface area contributed by atoms with Crippen LogP contribution in [-0.4, -0.2) is 63.8 Å². The second kappa shape index (κ2) is 7.60. The van der Waals surface area contributed by atoms with Gasteiger partial charge in [0, 0.05) is 45.4 Å². The highest BCUT2D eigenvalue weighted by Gasteiger charge is 2.46. The van der Waals surface area contributed by atoms with Crippen molar-refractivity contribution in [2.45, 2.75) is 25.0 Å². The van der Waals surface area contributed by atoms with E-state index in [1.807, 2.05) is 49.8 Å². The molecule has 7 heteroatoms. The maximum atomic E-state index is 12.3. The molecule has 0 saturated carbocycles. The zero-order valence-corrected chi connectivity index (χ0v) is 15.7. The summed E-state index contributed by atoms with van der Waals surface area (Å²) in [5.41, 5.74) is -0.345. The molecular formula is C20H26N4O3. The smallest absolute Gasteiger partial charge is 0.410 e. The topological polar surface area (TPSA) is 59.8 Å². The second-order valence-corrected chi connectivity index (χ2v) is 7.36. The SMILES string of the molecule is Cn1ccnc1CN1CCC2(CC1)CN(CCOc1ccccc1)C(=O)O2. The van der Waals surface area contributed by atoms with Crippen LogP contribution in [0.5, 0.6) is 5.75 Å². The Hall–Kier alpha value is -2.54. The van der Waals surface area contributed by atoms with Crippen LogP contribution < -0.4 is 4.74 Å². The maximum absolute atomic E-state index is 12.3. The first kappa shape index (κ1) is 17.9. The Morgan fingerprint density at radius 2 is 2.00 bits per heavy atom. The van der Waals surface area contributed by atoms with Crippen molar-refractivity contribution in [2.24, 2.45) is 7.05 Å². The Bertz CT molecular complexity index is 769. The molecule has 0 radical (unpaired) electrons. The number of aryl methyl sites for hydroxylation is 1. The molecule has 0 N–H and O–H groups in total. The molecule has 1 aromatic heterocycles. The van der Waals surface area contributed by atoms with E-state index in [0.717, 1.165) is 44.0 Å². The molecule has 0 aliphatic carbocycles. The maximum Gasteiger partial charge on any atom is 0.410 e. The highest BCUT2D eigenvalue weighted by molar-refractivity contribution is 5.70. The van der Waals surface area contributed by atoms with E-state index in [4.69, 9.17) is 9.47 Å². The van der Waals surface area contributed by atoms with Gasteiger partial charge in [-0.1, -0.05) is 18.2 Å². The number of amides is 1. The fraction of sp³-hybridized carbons (Fsp3) is 0.500. The zero-order valence-electron chi connectivity index (χ0n) is 15.7. The Morgan fingerprint density at radius 3 is 2.70 bits per heavy atom. The summed E-state index contributed by atoms with van der Waals surface area (Å²) in [6.07, 6.45) is 5.30. The summed E-state index contributed by atoms with van der Waals surface area (Å²) < 4.78 is 13.6. The molecule has 144 valence electrons. The van der Waals surface area contributed by atoms with Crippen molar-refractivity contribution in [1.82, 2.24) is 19.4 Å². The van der Waals surface area contributed by atoms with Gasteiger partial charge < -0.3 is 18.9 Å². The third-order valence-corrected chi connectivity index (χ3v) is 5.47. The summed E-state index contributed by atoms with van der Waals surface area (Å²) in [5.74, 6) is 1.89. The van der Waals surface area contributed by atoms with Crippen LogP contribution >= 0.6 is 0 Å². The summed E-state index contributed by atoms with van der Waals surface area (Å²) in [4.78, 5) is 20.8. The molecule has 1 amide bonds. The molecular weight excluding hydrogens is 344 g/mol. The van der Waals surface area contributed by atoms with Gasteiger partial charge in [-0.3, -0.25) is 4.90 Å². The third-order valence-electron chi connectivity index (χ3n) is 5.47. The first-order valence-electron chi connectivity index (χ1n) is 9.48. The molecule has 2 aliphatic heterocycles. The minimum Gasteiger partial charge on any atom is -0.492 e. The minimum atomic E-state index is -0.345. The van der Waals surface area contributed by atoms with Gasteiger partial charge >= 0.3 is 6.09 Å². The summed E-state index contributed by atoms with van der Waals surface area (Å²) >= 11 is 0. The largest absolute Gasteiger partial charge is 0.492 e. The van der Waals surface area contributed by atoms with Crippen molar-refractivity contribution in [2.75, 3.05) is 32.8 Å². The van der Waals surface area contributed by atoms with Crippen LogP contribution in [0.25, 0.3) is 0 Å². The lowest BCUT2D eigenvalue weighted by atomic mass is 9.91. The molecule has 1 spiro atoms. The van der Waals surface area contributed by atoms with Crippen LogP contribution in [0.2, 0.25) is 0 Å². The number of nitrogens with zero attached hydrogens (tertiary/aromatic N) is 4. The average molecular weight is 370 g/mol. The fourth-order valence-corrected chi connectivity index (χ4v) is 3.78. The van der Waals surface area contributed by atoms with E-state index in [2.05, 4.69) is 14.5 Å². The van der Waals surface area contributed by atoms with Crippen LogP contribution in [0, 0.1) is 0 Å². The van der Waals surface area contributed by atoms with E-state index in [-0.39, 0.29) is 11.7 Å². The van der Waals surface area contributed by atoms with Crippen LogP contribution in [0.1, 0.15) is 18.7 Å². The lowest BCUT2D eigenvalue weighted by Crippen LogP contribution is -2.47. The monoisotopic (exact) mass is 370 g/mol. The molecule has 7 nitrogen and oxygen atoms in total. The van der Waals surface area contributed by atoms with Crippen LogP contribution in [0.4, 0.5) is 4.79 Å². The number of imidazole rings is 1. The lowest BCUT2D eigenvalue weighted by molar-refractivity contribution is -0.00196. The number of carbonyl (C=O) groups is 1. The Morgan fingerprint density at radius 1 is 1.22 bits per heavy atom. The second-order valence-electron chi connectivity index (χ2n) is 7.36. The van der Waals surface area contributed by atoms with E-state index in [1.165, 1.54) is 0 Å². The van der Waals surface area contributed by atoms with E-state index < -0.39 is 0 Å². The number of ether oxygens (including phenoxy) is 2. The van der Waals surface area contributed by atoms with Crippen molar-refractivity contribution >= 4 is 6.09 Å². The van der Waals surface area contributed by atoms with Crippen molar-refractivity contribution < 1.29 is 14.3 Å². The minimum absolute atomic E-state index is 0.218. The Kier molecular flexibility index (Phi) is 5.03. The number of rotatable bonds is 6. The van der Waals surface area contributed by atoms with Gasteiger partial charge in [0.15, 0.2) is 0 Å². The number of carbonyl (C=O) groups excluding carboxylic acids is 1. The van der Waals surface area contributed by atoms with Gasteiger partial charge in [0.2, 0.25) is 0 Å². The van der Waals surface area contributed by atoms with E-state index in [9.17, 15) is 4.79 Å². The van der Waals surface area contributed by atoms with E-state index in [0.29, 0.717) is 19.7 Å². The fourth-order valence-electron chi connectivity index (χ4n) is 3.78. The van der Waals surface area contributed by atoms with Gasteiger partial charge in [-0.15, -0.1) is 0 Å². The van der Waals surface area contributed by atoms with Crippen molar-refractivity contribution in [3.8, 4) is 5.75 Å². The van der Waals surface area contributed by atoms with Gasteiger partial charge in [0.1, 0.15) is 23.8 Å². The molecule has 3 heterocycles. The summed E-state index contributed by atoms with van der Waals surface area (Å²) in [6, 6.07) is 9.66. The number of aromatic nitrogens is 2. The standard InChI is InChI=1S/C20H26N4O3/c1-22-12-9-21-18(22)15-23-10-7-20(8-11-23)16-24(19(25)27-20)13-14-26-17-5-3-2-4-6-17/h2-6,9,12H,7-8,10-11,13-16H2,1H3. The first-order valence-corrected chi connectivity index (χ1v) is 9.48. The highest BCUT2D eigenvalue weighted by Crippen LogP contribution is 2.33. The molecule has 2 saturated heterocycles. The molecule has 27 heavy (non-hydrogen) atoms. The number of benzene rings is 1. The normalized spacial score (nSPS) is 19.4. The predicted molar refractivity (Wildman–Crippen MR) is 100 cm³/mol. The first-order chi connectivity index (χ1) is 13.1. The third kappa shape index (κ3) is 4.08. The van der Waals surface area contributed by atoms with Gasteiger partial charge in [-0.2, -0.15) is 0 Å². The molecule has 2 aliphatic rings. The van der Waals surface area contributed by atoms with Gasteiger partial charge in [-0.25, -0.2) is 9.78 Å². The van der Waals surface area contributed by atoms with Crippen LogP contribution in [0.3, 0.4) is 0 Å². The molecule has 2 aromatic rings. The van der Waals surface area contributed by atoms with Crippen molar-refractivity contribution in [3.63, 3.8) is 0 Å². The van der Waals surface area contributed by atoms with Crippen molar-refractivity contribution in [1.29, 1.82) is 0 Å². The molecule has 2 fully saturated rings. The van der Waals surface area contributed by atoms with Gasteiger partial charge in [0.05, 0.1) is 19.6 Å². The zero-order chi connectivity index (χ0) is 18.7. The van der Waals surface area contributed by atoms with E-state index in [1.54, 1.807) is 4.90 Å². The van der Waals surface area contributed by atoms with Crippen LogP contribution in [0.15, 0.2) is 42.7 Å². The number of piperidine rings is 1. The Labute approximate surface area is 159 Å². The predicted octanol–water partition coefficient (Wildman–Crippen LogP) is 2.29. The highest BCUT2D eigenvalue weighted by atomic mass is 16.6. The lowest BCUT2D eigenvalue weighted by Gasteiger charge is -2.37. The number of likely N-dealkylation sites (tertiary alicyclic amines) is 1. The molecule has 0 atom stereocenters. The quantitative estimate of drug-likeness (QED) is 0.781. The molecule has 0 bridgehead atoms.